The third-order valence-corrected chi connectivity index (χ3v) is 4.83. The van der Waals surface area contributed by atoms with Crippen molar-refractivity contribution in [1.82, 2.24) is 0 Å². The van der Waals surface area contributed by atoms with Gasteiger partial charge in [-0.25, -0.2) is 22.0 Å². The van der Waals surface area contributed by atoms with Gasteiger partial charge in [0.1, 0.15) is 0 Å². The smallest absolute Gasteiger partial charge is 0.339 e. The lowest BCUT2D eigenvalue weighted by atomic mass is 9.89. The van der Waals surface area contributed by atoms with Crippen LogP contribution in [0.1, 0.15) is 11.1 Å². The molecule has 0 saturated carbocycles. The Morgan fingerprint density at radius 3 is 1.54 bits per heavy atom. The van der Waals surface area contributed by atoms with Crippen molar-refractivity contribution in [3.05, 3.63) is 42.0 Å². The average Bonchev–Trinajstić information content (AvgIpc) is 2.80. The second kappa shape index (κ2) is 10.5. The zero-order chi connectivity index (χ0) is 29.4. The number of hydrogen-bond donors (Lipinski definition) is 0. The van der Waals surface area contributed by atoms with Crippen molar-refractivity contribution in [2.24, 2.45) is 0 Å². The van der Waals surface area contributed by atoms with Crippen molar-refractivity contribution < 1.29 is 79.4 Å². The van der Waals surface area contributed by atoms with E-state index in [0.717, 1.165) is 18.2 Å². The number of rotatable bonds is 13. The van der Waals surface area contributed by atoms with Gasteiger partial charge in [-0.1, -0.05) is 36.9 Å². The minimum absolute atomic E-state index is 0.0146. The minimum atomic E-state index is -8.42. The van der Waals surface area contributed by atoms with E-state index in [-0.39, 0.29) is 11.1 Å². The van der Waals surface area contributed by atoms with Crippen molar-refractivity contribution in [3.63, 3.8) is 0 Å². The third-order valence-electron chi connectivity index (χ3n) is 4.83. The molecule has 1 aromatic rings. The second-order valence-electron chi connectivity index (χ2n) is 7.25. The molecule has 3 atom stereocenters. The molecular formula is C19H13F17O. The Morgan fingerprint density at radius 2 is 1.11 bits per heavy atom. The molecule has 0 saturated heterocycles. The van der Waals surface area contributed by atoms with Crippen LogP contribution in [0.15, 0.2) is 30.8 Å². The summed E-state index contributed by atoms with van der Waals surface area (Å²) in [6.07, 6.45) is -19.6. The van der Waals surface area contributed by atoms with E-state index in [1.807, 2.05) is 0 Å². The predicted octanol–water partition coefficient (Wildman–Crippen LogP) is 7.89. The molecule has 214 valence electrons. The summed E-state index contributed by atoms with van der Waals surface area (Å²) in [6.45, 7) is 1.77. The molecule has 0 heterocycles. The molecule has 0 fully saturated rings. The van der Waals surface area contributed by atoms with Gasteiger partial charge in [0.25, 0.3) is 12.8 Å². The molecule has 18 heteroatoms. The lowest BCUT2D eigenvalue weighted by Gasteiger charge is -2.42. The first kappa shape index (κ1) is 32.8. The Kier molecular flexibility index (Phi) is 9.28. The van der Waals surface area contributed by atoms with Crippen LogP contribution in [0.5, 0.6) is 0 Å². The van der Waals surface area contributed by atoms with Crippen molar-refractivity contribution in [1.29, 1.82) is 0 Å². The topological polar surface area (TPSA) is 9.23 Å². The maximum atomic E-state index is 13.8. The zero-order valence-electron chi connectivity index (χ0n) is 17.4. The molecular weight excluding hydrogens is 567 g/mol. The SMILES string of the molecule is C=Cc1ccccc1COC(F)C(F)(F)C(F)(F)C(F)(F)C(F)(F)C(F)(F)C(F)(F)C(F)C(F)C(F)F. The Hall–Kier alpha value is -2.27. The highest BCUT2D eigenvalue weighted by atomic mass is 19.4. The normalized spacial score (nSPS) is 17.0. The molecule has 3 unspecified atom stereocenters. The fourth-order valence-electron chi connectivity index (χ4n) is 2.59. The van der Waals surface area contributed by atoms with Crippen LogP contribution in [0.4, 0.5) is 74.6 Å². The molecule has 0 amide bonds. The molecule has 0 bridgehead atoms. The van der Waals surface area contributed by atoms with E-state index in [2.05, 4.69) is 11.3 Å². The van der Waals surface area contributed by atoms with Crippen LogP contribution in [0.2, 0.25) is 0 Å². The van der Waals surface area contributed by atoms with Crippen LogP contribution >= 0.6 is 0 Å². The number of hydrogen-bond acceptors (Lipinski definition) is 1. The van der Waals surface area contributed by atoms with E-state index in [0.29, 0.717) is 0 Å². The van der Waals surface area contributed by atoms with Crippen molar-refractivity contribution in [3.8, 4) is 0 Å². The Balaban J connectivity index is 3.40. The van der Waals surface area contributed by atoms with Gasteiger partial charge in [0.2, 0.25) is 6.17 Å². The Labute approximate surface area is 195 Å². The maximum Gasteiger partial charge on any atom is 0.384 e. The van der Waals surface area contributed by atoms with Gasteiger partial charge >= 0.3 is 35.5 Å². The summed E-state index contributed by atoms with van der Waals surface area (Å²) in [5, 5.41) is 0. The van der Waals surface area contributed by atoms with E-state index in [4.69, 9.17) is 0 Å². The lowest BCUT2D eigenvalue weighted by Crippen LogP contribution is -2.73. The van der Waals surface area contributed by atoms with Crippen LogP contribution in [-0.4, -0.2) is 60.7 Å². The molecule has 1 aromatic carbocycles. The molecule has 0 spiro atoms. The average molecular weight is 580 g/mol. The fraction of sp³-hybridized carbons (Fsp3) is 0.579. The van der Waals surface area contributed by atoms with Crippen molar-refractivity contribution in [2.45, 2.75) is 67.3 Å². The van der Waals surface area contributed by atoms with Crippen molar-refractivity contribution >= 4 is 6.08 Å². The van der Waals surface area contributed by atoms with Crippen LogP contribution in [0.3, 0.4) is 0 Å². The minimum Gasteiger partial charge on any atom is -0.339 e. The summed E-state index contributed by atoms with van der Waals surface area (Å²) >= 11 is 0. The van der Waals surface area contributed by atoms with Crippen LogP contribution in [-0.2, 0) is 11.3 Å². The standard InChI is InChI=1S/C19H13F17O/c1-2-8-5-3-4-6-9(8)7-37-13(24)15(27,28)17(31,32)19(35,36)18(33,34)16(29,30)14(25,26)11(21)10(20)12(22)23/h2-6,10-13H,1,7H2. The summed E-state index contributed by atoms with van der Waals surface area (Å²) in [4.78, 5) is 0. The molecule has 0 aromatic heterocycles. The van der Waals surface area contributed by atoms with E-state index in [9.17, 15) is 74.6 Å². The van der Waals surface area contributed by atoms with E-state index < -0.39 is 67.3 Å². The first-order valence-electron chi connectivity index (χ1n) is 9.26. The first-order chi connectivity index (χ1) is 16.5. The highest BCUT2D eigenvalue weighted by Crippen LogP contribution is 2.61. The largest absolute Gasteiger partial charge is 0.384 e. The third kappa shape index (κ3) is 5.21. The Bertz CT molecular complexity index is 929. The summed E-state index contributed by atoms with van der Waals surface area (Å²) < 4.78 is 231. The maximum absolute atomic E-state index is 13.8. The van der Waals surface area contributed by atoms with Gasteiger partial charge in [-0.05, 0) is 11.1 Å². The first-order valence-corrected chi connectivity index (χ1v) is 9.26. The van der Waals surface area contributed by atoms with Gasteiger partial charge in [-0.3, -0.25) is 0 Å². The van der Waals surface area contributed by atoms with E-state index in [1.165, 1.54) is 12.1 Å². The molecule has 1 nitrogen and oxygen atoms in total. The Morgan fingerprint density at radius 1 is 0.676 bits per heavy atom. The molecule has 0 aliphatic rings. The van der Waals surface area contributed by atoms with Crippen LogP contribution in [0.25, 0.3) is 6.08 Å². The van der Waals surface area contributed by atoms with E-state index in [1.54, 1.807) is 0 Å². The fourth-order valence-corrected chi connectivity index (χ4v) is 2.59. The van der Waals surface area contributed by atoms with Crippen LogP contribution < -0.4 is 0 Å². The van der Waals surface area contributed by atoms with Gasteiger partial charge < -0.3 is 4.74 Å². The molecule has 0 radical (unpaired) electrons. The molecule has 1 rings (SSSR count). The number of benzene rings is 1. The van der Waals surface area contributed by atoms with Gasteiger partial charge in [0, 0.05) is 0 Å². The van der Waals surface area contributed by atoms with Gasteiger partial charge in [-0.2, -0.15) is 52.7 Å². The molecule has 37 heavy (non-hydrogen) atoms. The summed E-state index contributed by atoms with van der Waals surface area (Å²) in [5.41, 5.74) is -0.324. The van der Waals surface area contributed by atoms with Crippen LogP contribution in [0, 0.1) is 0 Å². The van der Waals surface area contributed by atoms with Gasteiger partial charge in [-0.15, -0.1) is 0 Å². The second-order valence-corrected chi connectivity index (χ2v) is 7.25. The van der Waals surface area contributed by atoms with Gasteiger partial charge in [0.05, 0.1) is 6.61 Å². The summed E-state index contributed by atoms with van der Waals surface area (Å²) in [5.74, 6) is -47.7. The highest BCUT2D eigenvalue weighted by molar-refractivity contribution is 5.51. The number of ether oxygens (including phenoxy) is 1. The lowest BCUT2D eigenvalue weighted by molar-refractivity contribution is -0.441. The predicted molar refractivity (Wildman–Crippen MR) is 91.7 cm³/mol. The number of alkyl halides is 17. The zero-order valence-corrected chi connectivity index (χ0v) is 17.4. The summed E-state index contributed by atoms with van der Waals surface area (Å²) in [6, 6.07) is 4.60. The highest BCUT2D eigenvalue weighted by Gasteiger charge is 2.92. The van der Waals surface area contributed by atoms with E-state index >= 15 is 0 Å². The number of halogens is 17. The van der Waals surface area contributed by atoms with Crippen molar-refractivity contribution in [2.75, 3.05) is 0 Å². The quantitative estimate of drug-likeness (QED) is 0.216. The van der Waals surface area contributed by atoms with Gasteiger partial charge in [0.15, 0.2) is 6.17 Å². The monoisotopic (exact) mass is 580 g/mol. The molecule has 0 aliphatic heterocycles. The molecule has 0 N–H and O–H groups in total. The molecule has 0 aliphatic carbocycles. The summed E-state index contributed by atoms with van der Waals surface area (Å²) in [7, 11) is 0.